The molecule has 0 fully saturated rings. The van der Waals surface area contributed by atoms with Crippen LogP contribution in [0.15, 0.2) is 168 Å². The second-order valence-electron chi connectivity index (χ2n) is 18.7. The van der Waals surface area contributed by atoms with E-state index in [1.54, 1.807) is 36.7 Å². The molecule has 83 heavy (non-hydrogen) atoms. The van der Waals surface area contributed by atoms with E-state index < -0.39 is 34.5 Å². The van der Waals surface area contributed by atoms with Gasteiger partial charge in [0.05, 0.1) is 50.5 Å². The number of para-hydroxylation sites is 4. The van der Waals surface area contributed by atoms with Crippen LogP contribution in [-0.2, 0) is 37.0 Å². The SMILES string of the molecule is C=C(O)c1cccc2c1OB(O)[C@@H](OCc1ccccc1)C2.C=C(O)c1cccc2c1OB(O)[C@@H](Sc1cn[nH]n1)C2.C=C(O)c1cccc2c1OB(O)[C@@H](Sc1nccs1)C2.C=C(O)c1cccc2c1OB(O)[C@@H](Sc1nncn1N)C2. The van der Waals surface area contributed by atoms with Crippen molar-refractivity contribution in [1.82, 2.24) is 35.3 Å². The van der Waals surface area contributed by atoms with Gasteiger partial charge in [0.1, 0.15) is 67.7 Å². The predicted octanol–water partition coefficient (Wildman–Crippen LogP) is 7.63. The highest BCUT2D eigenvalue weighted by molar-refractivity contribution is 8.03. The lowest BCUT2D eigenvalue weighted by atomic mass is 9.74. The van der Waals surface area contributed by atoms with Crippen LogP contribution in [0.5, 0.6) is 23.0 Å². The van der Waals surface area contributed by atoms with Gasteiger partial charge in [0, 0.05) is 18.0 Å². The lowest BCUT2D eigenvalue weighted by Gasteiger charge is -2.28. The highest BCUT2D eigenvalue weighted by Gasteiger charge is 2.41. The number of nitrogens with two attached hydrogens (primary N) is 1. The first-order valence-corrected chi connectivity index (χ1v) is 29.0. The molecule has 0 spiro atoms. The van der Waals surface area contributed by atoms with Crippen LogP contribution in [0.3, 0.4) is 0 Å². The normalized spacial score (nSPS) is 17.2. The fourth-order valence-corrected chi connectivity index (χ4v) is 12.8. The number of nitrogens with zero attached hydrogens (tertiary/aromatic N) is 6. The first kappa shape index (κ1) is 59.9. The Morgan fingerprint density at radius 3 is 1.49 bits per heavy atom. The zero-order chi connectivity index (χ0) is 58.7. The molecule has 0 aliphatic carbocycles. The molecule has 0 amide bonds. The van der Waals surface area contributed by atoms with Crippen molar-refractivity contribution in [2.24, 2.45) is 0 Å². The summed E-state index contributed by atoms with van der Waals surface area (Å²) in [5, 5.41) is 99.2. The van der Waals surface area contributed by atoms with Crippen molar-refractivity contribution >= 4 is 98.1 Å². The Bertz CT molecular complexity index is 3450. The molecule has 4 atom stereocenters. The zero-order valence-electron chi connectivity index (χ0n) is 44.1. The van der Waals surface area contributed by atoms with E-state index in [1.165, 1.54) is 57.6 Å². The molecule has 11 N–H and O–H groups in total. The number of ether oxygens (including phenoxy) is 1. The third-order valence-corrected chi connectivity index (χ3v) is 17.5. The Kier molecular flexibility index (Phi) is 19.9. The topological polar surface area (TPSA) is 319 Å². The minimum atomic E-state index is -1.07. The Hall–Kier alpha value is -7.72. The first-order valence-electron chi connectivity index (χ1n) is 25.5. The van der Waals surface area contributed by atoms with E-state index >= 15 is 0 Å². The fourth-order valence-electron chi connectivity index (χ4n) is 8.98. The summed E-state index contributed by atoms with van der Waals surface area (Å²) in [7, 11) is -4.03. The van der Waals surface area contributed by atoms with Gasteiger partial charge in [0.2, 0.25) is 5.16 Å². The molecular weight excluding hydrogens is 1140 g/mol. The number of hydrogen-bond donors (Lipinski definition) is 10. The molecule has 4 aliphatic rings. The van der Waals surface area contributed by atoms with Crippen molar-refractivity contribution in [1.29, 1.82) is 0 Å². The van der Waals surface area contributed by atoms with Gasteiger partial charge in [-0.15, -0.1) is 38.4 Å². The summed E-state index contributed by atoms with van der Waals surface area (Å²) in [5.74, 6) is 7.31. The quantitative estimate of drug-likeness (QED) is 0.0301. The van der Waals surface area contributed by atoms with Crippen LogP contribution in [0.25, 0.3) is 23.0 Å². The predicted molar refractivity (Wildman–Crippen MR) is 324 cm³/mol. The largest absolute Gasteiger partial charge is 0.554 e. The number of H-pyrrole nitrogens is 1. The van der Waals surface area contributed by atoms with Gasteiger partial charge < -0.3 is 69.7 Å². The Morgan fingerprint density at radius 1 is 0.614 bits per heavy atom. The van der Waals surface area contributed by atoms with Gasteiger partial charge in [-0.25, -0.2) is 9.66 Å². The average Bonchev–Trinajstić information content (AvgIpc) is 4.06. The molecule has 0 unspecified atom stereocenters. The van der Waals surface area contributed by atoms with Gasteiger partial charge >= 0.3 is 28.5 Å². The first-order chi connectivity index (χ1) is 40.0. The number of hydrogen-bond acceptors (Lipinski definition) is 23. The van der Waals surface area contributed by atoms with Crippen LogP contribution in [0.2, 0.25) is 0 Å². The van der Waals surface area contributed by atoms with Crippen molar-refractivity contribution in [3.63, 3.8) is 0 Å². The summed E-state index contributed by atoms with van der Waals surface area (Å²) in [6.07, 6.45) is 7.06. The highest BCUT2D eigenvalue weighted by Crippen LogP contribution is 2.41. The molecular formula is C54H54B4N8O13S4. The van der Waals surface area contributed by atoms with Crippen molar-refractivity contribution in [2.45, 2.75) is 68.3 Å². The smallest absolute Gasteiger partial charge is 0.535 e. The van der Waals surface area contributed by atoms with Crippen molar-refractivity contribution in [2.75, 3.05) is 5.84 Å². The number of benzene rings is 5. The lowest BCUT2D eigenvalue weighted by Crippen LogP contribution is -2.44. The van der Waals surface area contributed by atoms with Crippen LogP contribution in [0.4, 0.5) is 0 Å². The zero-order valence-corrected chi connectivity index (χ0v) is 47.4. The molecule has 3 aromatic heterocycles. The molecule has 8 aromatic rings. The number of rotatable bonds is 13. The summed E-state index contributed by atoms with van der Waals surface area (Å²) < 4.78 is 30.2. The van der Waals surface area contributed by atoms with E-state index in [1.807, 2.05) is 84.2 Å². The summed E-state index contributed by atoms with van der Waals surface area (Å²) in [6.45, 7) is 14.5. The van der Waals surface area contributed by atoms with Crippen molar-refractivity contribution < 1.29 is 63.9 Å². The molecule has 0 saturated carbocycles. The second-order valence-corrected chi connectivity index (χ2v) is 23.6. The maximum absolute atomic E-state index is 10.2. The van der Waals surface area contributed by atoms with E-state index in [0.29, 0.717) is 87.7 Å². The van der Waals surface area contributed by atoms with Gasteiger partial charge in [0.15, 0.2) is 0 Å². The fraction of sp³-hybridized carbons (Fsp3) is 0.167. The Morgan fingerprint density at radius 2 is 1.07 bits per heavy atom. The monoisotopic (exact) mass is 1190 g/mol. The van der Waals surface area contributed by atoms with Crippen LogP contribution in [-0.4, -0.2) is 126 Å². The Labute approximate surface area is 495 Å². The molecule has 7 heterocycles. The number of aliphatic hydroxyl groups is 4. The summed E-state index contributed by atoms with van der Waals surface area (Å²) >= 11 is 5.72. The molecule has 5 aromatic carbocycles. The van der Waals surface area contributed by atoms with Crippen LogP contribution in [0.1, 0.15) is 50.1 Å². The van der Waals surface area contributed by atoms with Gasteiger partial charge in [-0.1, -0.05) is 129 Å². The number of nitrogen functional groups attached to an aromatic ring is 1. The summed E-state index contributed by atoms with van der Waals surface area (Å²) in [5.41, 5.74) is 6.70. The number of nitrogens with one attached hydrogen (secondary N) is 1. The standard InChI is InChI=1S/C17H17BO4.C13H12BNO3S2.C12H13BN4O3S.C12H12BN3O3S/c1-12(19)15-9-5-8-14-10-16(18(20)22-17(14)15)21-11-13-6-3-2-4-7-13;1-8(16)10-4-2-3-9-7-11(14(17)18-12(9)10)20-13-15-5-6-19-13;1-7(18)9-4-2-3-8-5-10(13(19)20-11(8)9)21-12-16-15-6-17(12)14;1-7(17)9-4-2-3-8-5-10(13(18)19-12(8)9)20-11-6-14-16-15-11/h2-9,16,19-20H,1,10-11H2;2-6,11,16-17H,1,7H2;2-4,6,10,18-19H,1,5,14H2;2-4,6,10,17-18H,1,5H2,(H,14,15,16)/t16-;11-;2*10-/m0000/s1. The van der Waals surface area contributed by atoms with Crippen molar-refractivity contribution in [3.8, 4) is 23.0 Å². The maximum Gasteiger partial charge on any atom is 0.554 e. The van der Waals surface area contributed by atoms with Gasteiger partial charge in [-0.3, -0.25) is 0 Å². The number of aromatic amines is 1. The minimum Gasteiger partial charge on any atom is -0.535 e. The second kappa shape index (κ2) is 27.6. The minimum absolute atomic E-state index is 0.0555. The van der Waals surface area contributed by atoms with E-state index in [2.05, 4.69) is 56.9 Å². The molecule has 21 nitrogen and oxygen atoms in total. The van der Waals surface area contributed by atoms with Gasteiger partial charge in [-0.05, 0) is 71.3 Å². The third kappa shape index (κ3) is 14.9. The van der Waals surface area contributed by atoms with Crippen molar-refractivity contribution in [3.05, 3.63) is 204 Å². The molecule has 12 rings (SSSR count). The van der Waals surface area contributed by atoms with Crippen LogP contribution >= 0.6 is 46.6 Å². The van der Waals surface area contributed by atoms with E-state index in [4.69, 9.17) is 29.2 Å². The van der Waals surface area contributed by atoms with E-state index in [0.717, 1.165) is 32.2 Å². The Balaban J connectivity index is 0.000000133. The summed E-state index contributed by atoms with van der Waals surface area (Å²) in [6, 6.07) is 31.1. The lowest BCUT2D eigenvalue weighted by molar-refractivity contribution is 0.0646. The third-order valence-electron chi connectivity index (χ3n) is 13.0. The number of thioether (sulfide) groups is 3. The van der Waals surface area contributed by atoms with Crippen LogP contribution in [0, 0.1) is 0 Å². The maximum atomic E-state index is 10.2. The number of fused-ring (bicyclic) bond motifs is 4. The highest BCUT2D eigenvalue weighted by atomic mass is 32.2. The van der Waals surface area contributed by atoms with E-state index in [-0.39, 0.29) is 38.5 Å². The molecule has 4 aliphatic heterocycles. The summed E-state index contributed by atoms with van der Waals surface area (Å²) in [4.78, 5) is 4.21. The molecule has 0 radical (unpaired) electrons. The molecule has 0 saturated heterocycles. The van der Waals surface area contributed by atoms with Crippen LogP contribution < -0.4 is 24.5 Å². The molecule has 424 valence electrons. The van der Waals surface area contributed by atoms with Gasteiger partial charge in [0.25, 0.3) is 0 Å². The number of aromatic nitrogens is 7. The number of thiazole rings is 1. The molecule has 0 bridgehead atoms. The molecule has 29 heteroatoms. The van der Waals surface area contributed by atoms with Gasteiger partial charge in [-0.2, -0.15) is 10.3 Å². The van der Waals surface area contributed by atoms with E-state index in [9.17, 15) is 40.5 Å². The average molecular weight is 1190 g/mol. The number of aliphatic hydroxyl groups excluding tert-OH is 4.